The molecule has 2 bridgehead atoms. The van der Waals surface area contributed by atoms with Crippen molar-refractivity contribution in [3.63, 3.8) is 0 Å². The van der Waals surface area contributed by atoms with Crippen LogP contribution in [0.4, 0.5) is 20.5 Å². The van der Waals surface area contributed by atoms with Crippen LogP contribution >= 0.6 is 11.6 Å². The number of aliphatic hydroxyl groups is 1. The molecule has 3 aliphatic heterocycles. The number of nitrogens with one attached hydrogen (secondary N) is 1. The largest absolute Gasteiger partial charge is 0.394 e. The van der Waals surface area contributed by atoms with Crippen molar-refractivity contribution in [3.8, 4) is 0 Å². The van der Waals surface area contributed by atoms with Crippen LogP contribution in [0.1, 0.15) is 62.1 Å². The molecule has 2 unspecified atom stereocenters. The molecule has 0 spiro atoms. The molecule has 2 N–H and O–H groups in total. The predicted octanol–water partition coefficient (Wildman–Crippen LogP) is 4.63. The Bertz CT molecular complexity index is 1130. The SMILES string of the molecule is O=[S@]1c2c(nc(N3C4CCC3CC(c3ccc(Cl)cc3)C4)nc2NC2(CO)CCC2)CC1(F)F. The Balaban J connectivity index is 1.34. The molecule has 10 heteroatoms. The van der Waals surface area contributed by atoms with Crippen LogP contribution in [0.25, 0.3) is 0 Å². The highest BCUT2D eigenvalue weighted by molar-refractivity contribution is 7.86. The van der Waals surface area contributed by atoms with Crippen LogP contribution in [-0.2, 0) is 17.2 Å². The van der Waals surface area contributed by atoms with Crippen LogP contribution in [0.5, 0.6) is 0 Å². The van der Waals surface area contributed by atoms with Gasteiger partial charge < -0.3 is 15.3 Å². The second-order valence-electron chi connectivity index (χ2n) is 10.2. The first-order valence-corrected chi connectivity index (χ1v) is 13.4. The molecule has 1 aromatic carbocycles. The van der Waals surface area contributed by atoms with Crippen LogP contribution in [-0.4, -0.2) is 48.8 Å². The van der Waals surface area contributed by atoms with Gasteiger partial charge in [0, 0.05) is 17.1 Å². The molecule has 6 rings (SSSR count). The molecule has 6 nitrogen and oxygen atoms in total. The molecule has 3 atom stereocenters. The molecule has 4 aliphatic rings. The number of fused-ring (bicyclic) bond motifs is 3. The summed E-state index contributed by atoms with van der Waals surface area (Å²) >= 11 is 6.06. The summed E-state index contributed by atoms with van der Waals surface area (Å²) in [6, 6.07) is 8.44. The van der Waals surface area contributed by atoms with Gasteiger partial charge in [-0.1, -0.05) is 23.7 Å². The molecule has 0 radical (unpaired) electrons. The summed E-state index contributed by atoms with van der Waals surface area (Å²) in [4.78, 5) is 11.4. The summed E-state index contributed by atoms with van der Waals surface area (Å²) in [5, 5.41) is 10.5. The molecule has 2 aromatic rings. The molecule has 1 aliphatic carbocycles. The van der Waals surface area contributed by atoms with Crippen LogP contribution in [0.15, 0.2) is 29.2 Å². The summed E-state index contributed by atoms with van der Waals surface area (Å²) in [6.45, 7) is -0.123. The van der Waals surface area contributed by atoms with Crippen molar-refractivity contribution in [1.29, 1.82) is 0 Å². The van der Waals surface area contributed by atoms with E-state index in [0.29, 0.717) is 11.9 Å². The van der Waals surface area contributed by atoms with Gasteiger partial charge in [0.1, 0.15) is 21.5 Å². The van der Waals surface area contributed by atoms with E-state index in [1.807, 2.05) is 12.1 Å². The topological polar surface area (TPSA) is 78.4 Å². The lowest BCUT2D eigenvalue weighted by Crippen LogP contribution is -2.49. The molecular weight excluding hydrogens is 482 g/mol. The van der Waals surface area contributed by atoms with Crippen LogP contribution in [0.2, 0.25) is 5.02 Å². The van der Waals surface area contributed by atoms with E-state index >= 15 is 0 Å². The Morgan fingerprint density at radius 1 is 1.15 bits per heavy atom. The Morgan fingerprint density at radius 3 is 2.41 bits per heavy atom. The number of nitrogens with zero attached hydrogens (tertiary/aromatic N) is 3. The molecule has 1 aromatic heterocycles. The van der Waals surface area contributed by atoms with E-state index in [-0.39, 0.29) is 35.1 Å². The van der Waals surface area contributed by atoms with Gasteiger partial charge in [-0.25, -0.2) is 9.19 Å². The van der Waals surface area contributed by atoms with Gasteiger partial charge in [-0.2, -0.15) is 13.8 Å². The second kappa shape index (κ2) is 8.10. The van der Waals surface area contributed by atoms with Gasteiger partial charge in [-0.3, -0.25) is 0 Å². The third-order valence-corrected chi connectivity index (χ3v) is 9.79. The molecule has 3 fully saturated rings. The molecule has 0 amide bonds. The first-order chi connectivity index (χ1) is 16.3. The number of piperidine rings is 1. The molecule has 4 heterocycles. The number of hydrogen-bond acceptors (Lipinski definition) is 6. The van der Waals surface area contributed by atoms with Crippen LogP contribution in [0.3, 0.4) is 0 Å². The van der Waals surface area contributed by atoms with E-state index < -0.39 is 28.0 Å². The fourth-order valence-electron chi connectivity index (χ4n) is 6.10. The first-order valence-electron chi connectivity index (χ1n) is 11.9. The number of benzene rings is 1. The Labute approximate surface area is 204 Å². The number of rotatable bonds is 5. The highest BCUT2D eigenvalue weighted by atomic mass is 35.5. The van der Waals surface area contributed by atoms with Gasteiger partial charge in [0.05, 0.1) is 24.3 Å². The highest BCUT2D eigenvalue weighted by Crippen LogP contribution is 2.48. The normalized spacial score (nSPS) is 30.6. The van der Waals surface area contributed by atoms with Crippen molar-refractivity contribution in [3.05, 3.63) is 40.5 Å². The van der Waals surface area contributed by atoms with E-state index in [1.54, 1.807) is 0 Å². The molecule has 1 saturated carbocycles. The fraction of sp³-hybridized carbons (Fsp3) is 0.583. The van der Waals surface area contributed by atoms with E-state index in [0.717, 1.165) is 50.0 Å². The maximum atomic E-state index is 14.5. The van der Waals surface area contributed by atoms with Crippen molar-refractivity contribution in [1.82, 2.24) is 9.97 Å². The minimum absolute atomic E-state index is 0.00290. The van der Waals surface area contributed by atoms with E-state index in [2.05, 4.69) is 27.3 Å². The minimum atomic E-state index is -3.36. The van der Waals surface area contributed by atoms with Gasteiger partial charge >= 0.3 is 5.25 Å². The lowest BCUT2D eigenvalue weighted by atomic mass is 9.77. The third kappa shape index (κ3) is 3.62. The standard InChI is InChI=1S/C24H27ClF2N4O2S/c25-16-4-2-14(3-5-16)15-10-17-6-7-18(11-15)31(17)22-28-19-12-24(26,27)34(33)20(19)21(29-22)30-23(13-32)8-1-9-23/h2-5,15,17-18,32H,1,6-13H2,(H,28,29,30)/t15?,17?,18?,34-/m0/s1. The summed E-state index contributed by atoms with van der Waals surface area (Å²) in [5.41, 5.74) is 0.827. The second-order valence-corrected chi connectivity index (χ2v) is 12.1. The first kappa shape index (κ1) is 22.6. The van der Waals surface area contributed by atoms with E-state index in [4.69, 9.17) is 16.6 Å². The lowest BCUT2D eigenvalue weighted by Gasteiger charge is -2.42. The zero-order chi connectivity index (χ0) is 23.7. The van der Waals surface area contributed by atoms with E-state index in [9.17, 15) is 18.1 Å². The number of aliphatic hydroxyl groups excluding tert-OH is 1. The van der Waals surface area contributed by atoms with Gasteiger partial charge in [-0.05, 0) is 68.6 Å². The lowest BCUT2D eigenvalue weighted by molar-refractivity contribution is 0.104. The Morgan fingerprint density at radius 2 is 1.82 bits per heavy atom. The molecular formula is C24H27ClF2N4O2S. The molecule has 182 valence electrons. The summed E-state index contributed by atoms with van der Waals surface area (Å²) in [5.74, 6) is 1.04. The monoisotopic (exact) mass is 508 g/mol. The van der Waals surface area contributed by atoms with Crippen molar-refractivity contribution in [2.75, 3.05) is 16.8 Å². The Hall–Kier alpha value is -1.84. The maximum Gasteiger partial charge on any atom is 0.331 e. The smallest absolute Gasteiger partial charge is 0.331 e. The van der Waals surface area contributed by atoms with Crippen molar-refractivity contribution < 1.29 is 18.1 Å². The zero-order valence-electron chi connectivity index (χ0n) is 18.6. The van der Waals surface area contributed by atoms with Gasteiger partial charge in [-0.15, -0.1) is 0 Å². The van der Waals surface area contributed by atoms with Gasteiger partial charge in [0.25, 0.3) is 0 Å². The quantitative estimate of drug-likeness (QED) is 0.613. The number of alkyl halides is 2. The number of anilines is 2. The number of hydrogen-bond donors (Lipinski definition) is 2. The summed E-state index contributed by atoms with van der Waals surface area (Å²) in [6.07, 6.45) is 5.60. The van der Waals surface area contributed by atoms with Crippen molar-refractivity contribution >= 4 is 34.2 Å². The average Bonchev–Trinajstić information content (AvgIpc) is 3.18. The van der Waals surface area contributed by atoms with E-state index in [1.165, 1.54) is 5.56 Å². The molecule has 2 saturated heterocycles. The summed E-state index contributed by atoms with van der Waals surface area (Å²) in [7, 11) is -2.51. The summed E-state index contributed by atoms with van der Waals surface area (Å²) < 4.78 is 41.5. The number of aromatic nitrogens is 2. The predicted molar refractivity (Wildman–Crippen MR) is 127 cm³/mol. The average molecular weight is 509 g/mol. The maximum absolute atomic E-state index is 14.5. The zero-order valence-corrected chi connectivity index (χ0v) is 20.2. The van der Waals surface area contributed by atoms with Crippen LogP contribution < -0.4 is 10.2 Å². The van der Waals surface area contributed by atoms with Gasteiger partial charge in [0.15, 0.2) is 0 Å². The Kier molecular flexibility index (Phi) is 5.39. The van der Waals surface area contributed by atoms with Crippen molar-refractivity contribution in [2.24, 2.45) is 0 Å². The highest BCUT2D eigenvalue weighted by Gasteiger charge is 2.51. The fourth-order valence-corrected chi connectivity index (χ4v) is 7.39. The third-order valence-electron chi connectivity index (χ3n) is 8.06. The number of halogens is 3. The van der Waals surface area contributed by atoms with Gasteiger partial charge in [0.2, 0.25) is 5.95 Å². The molecule has 34 heavy (non-hydrogen) atoms. The van der Waals surface area contributed by atoms with Crippen molar-refractivity contribution in [2.45, 2.75) is 85.1 Å². The van der Waals surface area contributed by atoms with Crippen LogP contribution in [0, 0.1) is 0 Å². The minimum Gasteiger partial charge on any atom is -0.394 e.